The van der Waals surface area contributed by atoms with Crippen LogP contribution in [0.25, 0.3) is 10.9 Å². The van der Waals surface area contributed by atoms with Gasteiger partial charge in [0, 0.05) is 23.5 Å². The van der Waals surface area contributed by atoms with Crippen LogP contribution in [0.1, 0.15) is 26.3 Å². The standard InChI is InChI=1S/C11H13NO.C2H6/c1-8(13)6-9-7-12-11-5-3-2-4-10(9)11;1-2/h2-5,7-8,12-13H,6H2,1H3;1-2H3. The van der Waals surface area contributed by atoms with Crippen LogP contribution < -0.4 is 0 Å². The van der Waals surface area contributed by atoms with Crippen LogP contribution >= 0.6 is 0 Å². The van der Waals surface area contributed by atoms with Crippen molar-refractivity contribution in [1.29, 1.82) is 0 Å². The Morgan fingerprint density at radius 3 is 2.60 bits per heavy atom. The summed E-state index contributed by atoms with van der Waals surface area (Å²) in [5, 5.41) is 10.5. The van der Waals surface area contributed by atoms with E-state index in [9.17, 15) is 5.11 Å². The minimum absolute atomic E-state index is 0.279. The SMILES string of the molecule is CC.CC(O)Cc1c[nH]c2ccccc12. The lowest BCUT2D eigenvalue weighted by molar-refractivity contribution is 0.196. The zero-order valence-corrected chi connectivity index (χ0v) is 9.62. The molecule has 1 unspecified atom stereocenters. The molecule has 0 saturated heterocycles. The van der Waals surface area contributed by atoms with Crippen LogP contribution in [0, 0.1) is 0 Å². The van der Waals surface area contributed by atoms with Crippen molar-refractivity contribution in [1.82, 2.24) is 4.98 Å². The van der Waals surface area contributed by atoms with Gasteiger partial charge in [-0.15, -0.1) is 0 Å². The molecule has 0 bridgehead atoms. The van der Waals surface area contributed by atoms with Crippen molar-refractivity contribution in [2.75, 3.05) is 0 Å². The second-order valence-corrected chi connectivity index (χ2v) is 3.41. The topological polar surface area (TPSA) is 36.0 Å². The Bertz CT molecular complexity index is 404. The van der Waals surface area contributed by atoms with Crippen LogP contribution in [0.15, 0.2) is 30.5 Å². The van der Waals surface area contributed by atoms with Gasteiger partial charge in [-0.05, 0) is 18.6 Å². The van der Waals surface area contributed by atoms with Gasteiger partial charge in [-0.3, -0.25) is 0 Å². The Kier molecular flexibility index (Phi) is 4.37. The first-order valence-electron chi connectivity index (χ1n) is 5.50. The fourth-order valence-electron chi connectivity index (χ4n) is 1.62. The van der Waals surface area contributed by atoms with Crippen molar-refractivity contribution in [2.24, 2.45) is 0 Å². The van der Waals surface area contributed by atoms with E-state index in [1.165, 1.54) is 10.9 Å². The first kappa shape index (κ1) is 11.8. The van der Waals surface area contributed by atoms with Crippen LogP contribution in [0.4, 0.5) is 0 Å². The van der Waals surface area contributed by atoms with Gasteiger partial charge in [-0.25, -0.2) is 0 Å². The molecule has 1 aromatic heterocycles. The number of aromatic amines is 1. The van der Waals surface area contributed by atoms with Crippen LogP contribution in [0.3, 0.4) is 0 Å². The number of aromatic nitrogens is 1. The lowest BCUT2D eigenvalue weighted by Crippen LogP contribution is -2.03. The average Bonchev–Trinajstić information content (AvgIpc) is 2.64. The van der Waals surface area contributed by atoms with Crippen molar-refractivity contribution in [2.45, 2.75) is 33.3 Å². The molecule has 2 aromatic rings. The molecule has 0 spiro atoms. The summed E-state index contributed by atoms with van der Waals surface area (Å²) in [5.74, 6) is 0. The summed E-state index contributed by atoms with van der Waals surface area (Å²) in [6, 6.07) is 8.14. The Labute approximate surface area is 90.9 Å². The fourth-order valence-corrected chi connectivity index (χ4v) is 1.62. The molecule has 15 heavy (non-hydrogen) atoms. The van der Waals surface area contributed by atoms with E-state index in [2.05, 4.69) is 11.1 Å². The predicted octanol–water partition coefficient (Wildman–Crippen LogP) is 3.12. The van der Waals surface area contributed by atoms with Gasteiger partial charge in [-0.2, -0.15) is 0 Å². The third-order valence-electron chi connectivity index (χ3n) is 2.19. The maximum absolute atomic E-state index is 9.27. The average molecular weight is 205 g/mol. The van der Waals surface area contributed by atoms with E-state index in [-0.39, 0.29) is 6.10 Å². The fraction of sp³-hybridized carbons (Fsp3) is 0.385. The molecule has 2 nitrogen and oxygen atoms in total. The van der Waals surface area contributed by atoms with Crippen molar-refractivity contribution in [3.05, 3.63) is 36.0 Å². The van der Waals surface area contributed by atoms with E-state index in [1.807, 2.05) is 45.2 Å². The van der Waals surface area contributed by atoms with Crippen molar-refractivity contribution in [3.63, 3.8) is 0 Å². The number of hydrogen-bond donors (Lipinski definition) is 2. The molecule has 1 heterocycles. The minimum Gasteiger partial charge on any atom is -0.393 e. The number of aliphatic hydroxyl groups is 1. The van der Waals surface area contributed by atoms with E-state index in [4.69, 9.17) is 0 Å². The Morgan fingerprint density at radius 2 is 1.93 bits per heavy atom. The highest BCUT2D eigenvalue weighted by atomic mass is 16.3. The number of fused-ring (bicyclic) bond motifs is 1. The number of nitrogens with one attached hydrogen (secondary N) is 1. The largest absolute Gasteiger partial charge is 0.393 e. The van der Waals surface area contributed by atoms with Gasteiger partial charge in [0.2, 0.25) is 0 Å². The summed E-state index contributed by atoms with van der Waals surface area (Å²) in [6.45, 7) is 5.81. The molecule has 2 rings (SSSR count). The Hall–Kier alpha value is -1.28. The summed E-state index contributed by atoms with van der Waals surface area (Å²) in [7, 11) is 0. The highest BCUT2D eigenvalue weighted by Gasteiger charge is 2.04. The molecule has 0 amide bonds. The van der Waals surface area contributed by atoms with E-state index in [1.54, 1.807) is 0 Å². The molecule has 0 radical (unpaired) electrons. The molecule has 0 saturated carbocycles. The number of benzene rings is 1. The Balaban J connectivity index is 0.000000531. The lowest BCUT2D eigenvalue weighted by atomic mass is 10.1. The van der Waals surface area contributed by atoms with E-state index < -0.39 is 0 Å². The predicted molar refractivity (Wildman–Crippen MR) is 65.0 cm³/mol. The molecular formula is C13H19NO. The summed E-state index contributed by atoms with van der Waals surface area (Å²) < 4.78 is 0. The number of aliphatic hydroxyl groups excluding tert-OH is 1. The van der Waals surface area contributed by atoms with Crippen molar-refractivity contribution >= 4 is 10.9 Å². The molecule has 2 N–H and O–H groups in total. The highest BCUT2D eigenvalue weighted by molar-refractivity contribution is 5.83. The van der Waals surface area contributed by atoms with E-state index in [0.29, 0.717) is 6.42 Å². The van der Waals surface area contributed by atoms with Gasteiger partial charge in [0.25, 0.3) is 0 Å². The van der Waals surface area contributed by atoms with Gasteiger partial charge >= 0.3 is 0 Å². The highest BCUT2D eigenvalue weighted by Crippen LogP contribution is 2.18. The molecular weight excluding hydrogens is 186 g/mol. The van der Waals surface area contributed by atoms with Gasteiger partial charge in [-0.1, -0.05) is 32.0 Å². The zero-order valence-electron chi connectivity index (χ0n) is 9.62. The first-order valence-corrected chi connectivity index (χ1v) is 5.50. The first-order chi connectivity index (χ1) is 7.27. The van der Waals surface area contributed by atoms with Gasteiger partial charge < -0.3 is 10.1 Å². The summed E-state index contributed by atoms with van der Waals surface area (Å²) in [4.78, 5) is 3.18. The van der Waals surface area contributed by atoms with Gasteiger partial charge in [0.05, 0.1) is 6.10 Å². The van der Waals surface area contributed by atoms with Crippen LogP contribution in [-0.2, 0) is 6.42 Å². The molecule has 0 aliphatic carbocycles. The van der Waals surface area contributed by atoms with E-state index >= 15 is 0 Å². The summed E-state index contributed by atoms with van der Waals surface area (Å²) in [6.07, 6.45) is 2.40. The second kappa shape index (κ2) is 5.56. The van der Waals surface area contributed by atoms with Gasteiger partial charge in [0.1, 0.15) is 0 Å². The molecule has 0 aliphatic rings. The number of rotatable bonds is 2. The molecule has 2 heteroatoms. The number of H-pyrrole nitrogens is 1. The monoisotopic (exact) mass is 205 g/mol. The zero-order chi connectivity index (χ0) is 11.3. The summed E-state index contributed by atoms with van der Waals surface area (Å²) >= 11 is 0. The molecule has 1 aromatic carbocycles. The smallest absolute Gasteiger partial charge is 0.0553 e. The molecule has 82 valence electrons. The third kappa shape index (κ3) is 2.83. The van der Waals surface area contributed by atoms with Crippen LogP contribution in [-0.4, -0.2) is 16.2 Å². The van der Waals surface area contributed by atoms with Crippen LogP contribution in [0.5, 0.6) is 0 Å². The lowest BCUT2D eigenvalue weighted by Gasteiger charge is -2.01. The quantitative estimate of drug-likeness (QED) is 0.776. The van der Waals surface area contributed by atoms with Crippen molar-refractivity contribution < 1.29 is 5.11 Å². The normalized spacial score (nSPS) is 12.0. The number of hydrogen-bond acceptors (Lipinski definition) is 1. The second-order valence-electron chi connectivity index (χ2n) is 3.41. The maximum atomic E-state index is 9.27. The third-order valence-corrected chi connectivity index (χ3v) is 2.19. The van der Waals surface area contributed by atoms with Crippen LogP contribution in [0.2, 0.25) is 0 Å². The molecule has 0 fully saturated rings. The van der Waals surface area contributed by atoms with Gasteiger partial charge in [0.15, 0.2) is 0 Å². The number of para-hydroxylation sites is 1. The minimum atomic E-state index is -0.279. The summed E-state index contributed by atoms with van der Waals surface area (Å²) in [5.41, 5.74) is 2.32. The van der Waals surface area contributed by atoms with E-state index in [0.717, 1.165) is 5.52 Å². The molecule has 0 aliphatic heterocycles. The maximum Gasteiger partial charge on any atom is 0.0553 e. The van der Waals surface area contributed by atoms with Crippen molar-refractivity contribution in [3.8, 4) is 0 Å². The Morgan fingerprint density at radius 1 is 1.27 bits per heavy atom. The molecule has 1 atom stereocenters.